The number of allylic oxidation sites excluding steroid dienone is 4. The number of alkyl halides is 2. The first kappa shape index (κ1) is 18.1. The van der Waals surface area contributed by atoms with Crippen molar-refractivity contribution >= 4 is 22.9 Å². The molecule has 0 rings (SSSR count). The monoisotopic (exact) mass is 288 g/mol. The molecule has 0 aliphatic carbocycles. The number of hydrogen-bond donors (Lipinski definition) is 0. The van der Waals surface area contributed by atoms with E-state index in [0.29, 0.717) is 16.9 Å². The number of carbonyl (C=O) groups is 1. The fourth-order valence-corrected chi connectivity index (χ4v) is 2.16. The van der Waals surface area contributed by atoms with Gasteiger partial charge in [-0.15, -0.1) is 0 Å². The number of rotatable bonds is 8. The fourth-order valence-electron chi connectivity index (χ4n) is 1.78. The maximum atomic E-state index is 13.2. The van der Waals surface area contributed by atoms with Gasteiger partial charge in [0.05, 0.1) is 0 Å². The van der Waals surface area contributed by atoms with Crippen LogP contribution in [0.3, 0.4) is 0 Å². The van der Waals surface area contributed by atoms with Gasteiger partial charge in [0.15, 0.2) is 5.78 Å². The fraction of sp³-hybridized carbons (Fsp3) is 0.600. The van der Waals surface area contributed by atoms with Gasteiger partial charge in [-0.1, -0.05) is 38.2 Å². The van der Waals surface area contributed by atoms with Gasteiger partial charge in [0.25, 0.3) is 0 Å². The van der Waals surface area contributed by atoms with Gasteiger partial charge in [-0.3, -0.25) is 4.79 Å². The van der Waals surface area contributed by atoms with Crippen molar-refractivity contribution < 1.29 is 13.6 Å². The molecular formula is C15H22F2OS. The third-order valence-electron chi connectivity index (χ3n) is 2.94. The van der Waals surface area contributed by atoms with Crippen molar-refractivity contribution in [3.8, 4) is 0 Å². The molecule has 19 heavy (non-hydrogen) atoms. The second-order valence-corrected chi connectivity index (χ2v) is 4.94. The van der Waals surface area contributed by atoms with Crippen LogP contribution in [-0.2, 0) is 4.79 Å². The number of ketones is 1. The van der Waals surface area contributed by atoms with E-state index in [9.17, 15) is 13.6 Å². The lowest BCUT2D eigenvalue weighted by Gasteiger charge is -2.15. The summed E-state index contributed by atoms with van der Waals surface area (Å²) < 4.78 is 26.5. The molecule has 0 atom stereocenters. The first-order chi connectivity index (χ1) is 8.79. The number of Topliss-reactive ketones (excluding diaryl/α,β-unsaturated/α-hetero) is 1. The summed E-state index contributed by atoms with van der Waals surface area (Å²) in [5, 5.41) is 0. The molecule has 0 radical (unpaired) electrons. The Morgan fingerprint density at radius 3 is 2.26 bits per heavy atom. The van der Waals surface area contributed by atoms with Crippen LogP contribution in [0.15, 0.2) is 23.3 Å². The van der Waals surface area contributed by atoms with E-state index in [0.717, 1.165) is 5.57 Å². The first-order valence-corrected chi connectivity index (χ1v) is 6.97. The zero-order valence-electron chi connectivity index (χ0n) is 12.1. The van der Waals surface area contributed by atoms with E-state index >= 15 is 0 Å². The lowest BCUT2D eigenvalue weighted by atomic mass is 9.95. The normalized spacial score (nSPS) is 13.6. The Morgan fingerprint density at radius 2 is 1.89 bits per heavy atom. The van der Waals surface area contributed by atoms with Gasteiger partial charge in [-0.05, 0) is 32.3 Å². The number of hydrogen-bond acceptors (Lipinski definition) is 2. The molecule has 0 spiro atoms. The summed E-state index contributed by atoms with van der Waals surface area (Å²) in [6.45, 7) is 6.64. The quantitative estimate of drug-likeness (QED) is 0.353. The molecule has 0 aromatic rings. The van der Waals surface area contributed by atoms with E-state index in [1.807, 2.05) is 26.0 Å². The van der Waals surface area contributed by atoms with Crippen molar-refractivity contribution in [1.29, 1.82) is 0 Å². The standard InChI is InChI=1S/C15H22F2OS/c1-5-8-12(6-2)14(11(4)18)13(19)9-10-15(16,17)7-3/h5,8H,6-7,9-10H2,1-4H3/b8-5-,14-12-. The summed E-state index contributed by atoms with van der Waals surface area (Å²) in [6.07, 6.45) is 3.87. The van der Waals surface area contributed by atoms with Crippen LogP contribution in [0.1, 0.15) is 53.4 Å². The maximum Gasteiger partial charge on any atom is 0.248 e. The Labute approximate surface area is 119 Å². The second-order valence-electron chi connectivity index (χ2n) is 4.44. The average Bonchev–Trinajstić information content (AvgIpc) is 2.35. The Balaban J connectivity index is 5.12. The summed E-state index contributed by atoms with van der Waals surface area (Å²) in [5.74, 6) is -2.86. The molecule has 1 nitrogen and oxygen atoms in total. The highest BCUT2D eigenvalue weighted by Gasteiger charge is 2.27. The molecule has 0 amide bonds. The van der Waals surface area contributed by atoms with Crippen molar-refractivity contribution in [1.82, 2.24) is 0 Å². The molecule has 0 aromatic heterocycles. The van der Waals surface area contributed by atoms with Crippen molar-refractivity contribution in [3.63, 3.8) is 0 Å². The average molecular weight is 288 g/mol. The molecule has 0 fully saturated rings. The minimum absolute atomic E-state index is 0.0755. The van der Waals surface area contributed by atoms with Crippen molar-refractivity contribution in [2.75, 3.05) is 0 Å². The van der Waals surface area contributed by atoms with Crippen LogP contribution < -0.4 is 0 Å². The molecule has 0 aromatic carbocycles. The van der Waals surface area contributed by atoms with Crippen LogP contribution in [0.5, 0.6) is 0 Å². The molecule has 4 heteroatoms. The molecule has 108 valence electrons. The zero-order valence-corrected chi connectivity index (χ0v) is 12.9. The predicted octanol–water partition coefficient (Wildman–Crippen LogP) is 5.05. The molecule has 0 aliphatic heterocycles. The Bertz CT molecular complexity index is 395. The number of halogens is 2. The van der Waals surface area contributed by atoms with Crippen LogP contribution in [-0.4, -0.2) is 16.6 Å². The second kappa shape index (κ2) is 8.31. The highest BCUT2D eigenvalue weighted by molar-refractivity contribution is 7.81. The summed E-state index contributed by atoms with van der Waals surface area (Å²) in [4.78, 5) is 12.0. The highest BCUT2D eigenvalue weighted by atomic mass is 32.1. The molecule has 0 aliphatic rings. The maximum absolute atomic E-state index is 13.2. The van der Waals surface area contributed by atoms with Gasteiger partial charge in [-0.25, -0.2) is 8.78 Å². The zero-order chi connectivity index (χ0) is 15.1. The van der Waals surface area contributed by atoms with Gasteiger partial charge in [0.2, 0.25) is 5.92 Å². The lowest BCUT2D eigenvalue weighted by Crippen LogP contribution is -2.18. The van der Waals surface area contributed by atoms with Crippen LogP contribution in [0.4, 0.5) is 8.78 Å². The molecule has 0 bridgehead atoms. The molecule has 0 N–H and O–H groups in total. The summed E-state index contributed by atoms with van der Waals surface area (Å²) in [5.41, 5.74) is 1.25. The smallest absolute Gasteiger partial charge is 0.248 e. The van der Waals surface area contributed by atoms with Gasteiger partial charge < -0.3 is 0 Å². The summed E-state index contributed by atoms with van der Waals surface area (Å²) in [7, 11) is 0. The van der Waals surface area contributed by atoms with Crippen LogP contribution in [0.2, 0.25) is 0 Å². The summed E-state index contributed by atoms with van der Waals surface area (Å²) in [6, 6.07) is 0. The number of carbonyl (C=O) groups excluding carboxylic acids is 1. The molecular weight excluding hydrogens is 266 g/mol. The number of thiocarbonyl (C=S) groups is 1. The van der Waals surface area contributed by atoms with E-state index in [1.54, 1.807) is 0 Å². The Morgan fingerprint density at radius 1 is 1.32 bits per heavy atom. The minimum atomic E-state index is -2.71. The minimum Gasteiger partial charge on any atom is -0.294 e. The van der Waals surface area contributed by atoms with Crippen molar-refractivity contribution in [3.05, 3.63) is 23.3 Å². The first-order valence-electron chi connectivity index (χ1n) is 6.56. The van der Waals surface area contributed by atoms with E-state index < -0.39 is 5.92 Å². The molecule has 0 unspecified atom stereocenters. The summed E-state index contributed by atoms with van der Waals surface area (Å²) >= 11 is 5.18. The van der Waals surface area contributed by atoms with Crippen molar-refractivity contribution in [2.24, 2.45) is 0 Å². The Hall–Kier alpha value is -0.900. The molecule has 0 heterocycles. The van der Waals surface area contributed by atoms with Crippen molar-refractivity contribution in [2.45, 2.75) is 59.3 Å². The SMILES string of the molecule is C/C=C\C(CC)=C(\C(C)=O)C(=S)CCC(F)(F)CC. The topological polar surface area (TPSA) is 17.1 Å². The highest BCUT2D eigenvalue weighted by Crippen LogP contribution is 2.26. The molecule has 0 saturated heterocycles. The third-order valence-corrected chi connectivity index (χ3v) is 3.34. The molecule has 0 saturated carbocycles. The lowest BCUT2D eigenvalue weighted by molar-refractivity contribution is -0.113. The van der Waals surface area contributed by atoms with Gasteiger partial charge in [0.1, 0.15) is 0 Å². The van der Waals surface area contributed by atoms with E-state index in [2.05, 4.69) is 0 Å². The van der Waals surface area contributed by atoms with Gasteiger partial charge >= 0.3 is 0 Å². The van der Waals surface area contributed by atoms with Gasteiger partial charge in [0, 0.05) is 23.3 Å². The van der Waals surface area contributed by atoms with E-state index in [4.69, 9.17) is 12.2 Å². The predicted molar refractivity (Wildman–Crippen MR) is 79.9 cm³/mol. The van der Waals surface area contributed by atoms with E-state index in [-0.39, 0.29) is 25.0 Å². The Kier molecular flexibility index (Phi) is 7.91. The van der Waals surface area contributed by atoms with Gasteiger partial charge in [-0.2, -0.15) is 0 Å². The largest absolute Gasteiger partial charge is 0.294 e. The third kappa shape index (κ3) is 6.19. The van der Waals surface area contributed by atoms with Crippen LogP contribution >= 0.6 is 12.2 Å². The van der Waals surface area contributed by atoms with Crippen LogP contribution in [0.25, 0.3) is 0 Å². The van der Waals surface area contributed by atoms with Crippen LogP contribution in [0, 0.1) is 0 Å². The van der Waals surface area contributed by atoms with E-state index in [1.165, 1.54) is 13.8 Å².